The second kappa shape index (κ2) is 10.3. The van der Waals surface area contributed by atoms with Crippen LogP contribution in [0.5, 0.6) is 17.2 Å². The highest BCUT2D eigenvalue weighted by molar-refractivity contribution is 6.39. The lowest BCUT2D eigenvalue weighted by atomic mass is 9.99. The Kier molecular flexibility index (Phi) is 7.01. The number of carbonyl (C=O) groups excluding carboxylic acids is 3. The first-order valence-corrected chi connectivity index (χ1v) is 11.4. The zero-order valence-corrected chi connectivity index (χ0v) is 19.8. The van der Waals surface area contributed by atoms with Gasteiger partial charge in [0, 0.05) is 5.56 Å². The number of ether oxygens (including phenoxy) is 3. The largest absolute Gasteiger partial charge is 0.494 e. The summed E-state index contributed by atoms with van der Waals surface area (Å²) in [7, 11) is 0. The third-order valence-electron chi connectivity index (χ3n) is 5.40. The highest BCUT2D eigenvalue weighted by Gasteiger charge is 2.37. The number of amides is 4. The van der Waals surface area contributed by atoms with Gasteiger partial charge in [-0.3, -0.25) is 14.9 Å². The molecule has 0 spiro atoms. The number of imide groups is 2. The van der Waals surface area contributed by atoms with E-state index in [4.69, 9.17) is 14.2 Å². The van der Waals surface area contributed by atoms with Crippen molar-refractivity contribution in [3.63, 3.8) is 0 Å². The maximum absolute atomic E-state index is 13.4. The van der Waals surface area contributed by atoms with E-state index in [2.05, 4.69) is 5.32 Å². The first-order valence-electron chi connectivity index (χ1n) is 11.4. The first kappa shape index (κ1) is 23.8. The molecule has 4 rings (SSSR count). The molecule has 1 saturated heterocycles. The molecule has 0 radical (unpaired) electrons. The molecule has 1 fully saturated rings. The van der Waals surface area contributed by atoms with Crippen LogP contribution in [-0.2, 0) is 9.59 Å². The second-order valence-electron chi connectivity index (χ2n) is 7.61. The van der Waals surface area contributed by atoms with Crippen LogP contribution in [0.25, 0.3) is 16.8 Å². The van der Waals surface area contributed by atoms with Crippen molar-refractivity contribution in [1.29, 1.82) is 0 Å². The van der Waals surface area contributed by atoms with E-state index in [0.717, 1.165) is 15.7 Å². The molecular formula is C27H26N2O6. The summed E-state index contributed by atoms with van der Waals surface area (Å²) in [5.74, 6) is 0.256. The van der Waals surface area contributed by atoms with Crippen LogP contribution < -0.4 is 24.4 Å². The topological polar surface area (TPSA) is 94.2 Å². The molecule has 0 aromatic heterocycles. The van der Waals surface area contributed by atoms with Gasteiger partial charge in [0.25, 0.3) is 11.8 Å². The van der Waals surface area contributed by atoms with Crippen LogP contribution in [0.3, 0.4) is 0 Å². The second-order valence-corrected chi connectivity index (χ2v) is 7.61. The molecular weight excluding hydrogens is 448 g/mol. The lowest BCUT2D eigenvalue weighted by Crippen LogP contribution is -2.54. The van der Waals surface area contributed by atoms with Crippen LogP contribution in [0.4, 0.5) is 10.5 Å². The Morgan fingerprint density at radius 1 is 0.800 bits per heavy atom. The van der Waals surface area contributed by atoms with E-state index in [1.807, 2.05) is 45.0 Å². The lowest BCUT2D eigenvalue weighted by molar-refractivity contribution is -0.122. The van der Waals surface area contributed by atoms with Gasteiger partial charge in [-0.25, -0.2) is 9.69 Å². The fourth-order valence-corrected chi connectivity index (χ4v) is 3.88. The standard InChI is InChI=1S/C27H26N2O6/c1-4-33-19-12-9-18(10-13-19)29-26(31)23(25(30)28-27(29)32)16-22-21-15-20(34-5-2)11-7-17(21)8-14-24(22)35-6-3/h7-16H,4-6H2,1-3H3,(H,28,30,32)/b23-16+. The van der Waals surface area contributed by atoms with Crippen molar-refractivity contribution in [3.8, 4) is 17.2 Å². The molecule has 4 amide bonds. The van der Waals surface area contributed by atoms with Crippen LogP contribution in [0.1, 0.15) is 26.3 Å². The molecule has 1 N–H and O–H groups in total. The molecule has 8 nitrogen and oxygen atoms in total. The molecule has 3 aromatic carbocycles. The molecule has 0 unspecified atom stereocenters. The molecule has 0 bridgehead atoms. The van der Waals surface area contributed by atoms with Crippen LogP contribution in [0, 0.1) is 0 Å². The van der Waals surface area contributed by atoms with E-state index in [1.54, 1.807) is 30.3 Å². The minimum Gasteiger partial charge on any atom is -0.494 e. The SMILES string of the molecule is CCOc1ccc(N2C(=O)NC(=O)/C(=C\c3c(OCC)ccc4ccc(OCC)cc34)C2=O)cc1. The Balaban J connectivity index is 1.82. The summed E-state index contributed by atoms with van der Waals surface area (Å²) < 4.78 is 16.9. The molecule has 1 aliphatic rings. The minimum atomic E-state index is -0.817. The first-order chi connectivity index (χ1) is 17.0. The molecule has 180 valence electrons. The van der Waals surface area contributed by atoms with Gasteiger partial charge in [0.15, 0.2) is 0 Å². The van der Waals surface area contributed by atoms with Gasteiger partial charge in [-0.05, 0) is 80.1 Å². The summed E-state index contributed by atoms with van der Waals surface area (Å²) in [6.07, 6.45) is 1.47. The number of nitrogens with one attached hydrogen (secondary N) is 1. The quantitative estimate of drug-likeness (QED) is 0.376. The Bertz CT molecular complexity index is 1310. The number of hydrogen-bond acceptors (Lipinski definition) is 6. The Labute approximate surface area is 203 Å². The van der Waals surface area contributed by atoms with Gasteiger partial charge in [-0.15, -0.1) is 0 Å². The smallest absolute Gasteiger partial charge is 0.335 e. The number of carbonyl (C=O) groups is 3. The molecule has 1 aliphatic heterocycles. The molecule has 0 saturated carbocycles. The fourth-order valence-electron chi connectivity index (χ4n) is 3.88. The third kappa shape index (κ3) is 4.82. The van der Waals surface area contributed by atoms with E-state index in [-0.39, 0.29) is 5.57 Å². The van der Waals surface area contributed by atoms with Gasteiger partial charge in [0.2, 0.25) is 0 Å². The predicted molar refractivity (Wildman–Crippen MR) is 133 cm³/mol. The summed E-state index contributed by atoms with van der Waals surface area (Å²) in [5.41, 5.74) is 0.676. The maximum atomic E-state index is 13.4. The molecule has 3 aromatic rings. The van der Waals surface area contributed by atoms with Crippen LogP contribution in [0.15, 0.2) is 60.2 Å². The summed E-state index contributed by atoms with van der Waals surface area (Å²) in [4.78, 5) is 39.7. The van der Waals surface area contributed by atoms with Crippen molar-refractivity contribution in [2.24, 2.45) is 0 Å². The molecule has 8 heteroatoms. The highest BCUT2D eigenvalue weighted by Crippen LogP contribution is 2.34. The number of nitrogens with zero attached hydrogens (tertiary/aromatic N) is 1. The number of hydrogen-bond donors (Lipinski definition) is 1. The van der Waals surface area contributed by atoms with Crippen LogP contribution >= 0.6 is 0 Å². The van der Waals surface area contributed by atoms with Crippen molar-refractivity contribution in [2.45, 2.75) is 20.8 Å². The van der Waals surface area contributed by atoms with Crippen molar-refractivity contribution < 1.29 is 28.6 Å². The van der Waals surface area contributed by atoms with Gasteiger partial charge >= 0.3 is 6.03 Å². The number of fused-ring (bicyclic) bond motifs is 1. The Hall–Kier alpha value is -4.33. The molecule has 1 heterocycles. The Morgan fingerprint density at radius 2 is 1.43 bits per heavy atom. The number of benzene rings is 3. The molecule has 35 heavy (non-hydrogen) atoms. The summed E-state index contributed by atoms with van der Waals surface area (Å²) >= 11 is 0. The highest BCUT2D eigenvalue weighted by atomic mass is 16.5. The van der Waals surface area contributed by atoms with E-state index in [1.165, 1.54) is 6.08 Å². The molecule has 0 atom stereocenters. The average molecular weight is 475 g/mol. The van der Waals surface area contributed by atoms with Crippen LogP contribution in [0.2, 0.25) is 0 Å². The van der Waals surface area contributed by atoms with E-state index in [0.29, 0.717) is 48.3 Å². The van der Waals surface area contributed by atoms with Crippen molar-refractivity contribution in [3.05, 3.63) is 65.7 Å². The van der Waals surface area contributed by atoms with Crippen molar-refractivity contribution in [2.75, 3.05) is 24.7 Å². The summed E-state index contributed by atoms with van der Waals surface area (Å²) in [5, 5.41) is 3.89. The van der Waals surface area contributed by atoms with Gasteiger partial charge < -0.3 is 14.2 Å². The monoisotopic (exact) mass is 474 g/mol. The van der Waals surface area contributed by atoms with Crippen molar-refractivity contribution >= 4 is 40.4 Å². The molecule has 0 aliphatic carbocycles. The Morgan fingerprint density at radius 3 is 2.11 bits per heavy atom. The maximum Gasteiger partial charge on any atom is 0.335 e. The predicted octanol–water partition coefficient (Wildman–Crippen LogP) is 4.70. The number of urea groups is 1. The lowest BCUT2D eigenvalue weighted by Gasteiger charge is -2.26. The average Bonchev–Trinajstić information content (AvgIpc) is 2.84. The van der Waals surface area contributed by atoms with Gasteiger partial charge in [0.1, 0.15) is 22.8 Å². The number of barbiturate groups is 1. The van der Waals surface area contributed by atoms with Crippen molar-refractivity contribution in [1.82, 2.24) is 5.32 Å². The number of anilines is 1. The van der Waals surface area contributed by atoms with Gasteiger partial charge in [-0.2, -0.15) is 0 Å². The summed E-state index contributed by atoms with van der Waals surface area (Å²) in [6.45, 7) is 6.97. The van der Waals surface area contributed by atoms with Crippen LogP contribution in [-0.4, -0.2) is 37.7 Å². The fraction of sp³-hybridized carbons (Fsp3) is 0.222. The summed E-state index contributed by atoms with van der Waals surface area (Å²) in [6, 6.07) is 15.0. The van der Waals surface area contributed by atoms with Gasteiger partial charge in [-0.1, -0.05) is 12.1 Å². The zero-order valence-electron chi connectivity index (χ0n) is 19.8. The number of rotatable bonds is 8. The van der Waals surface area contributed by atoms with E-state index >= 15 is 0 Å². The third-order valence-corrected chi connectivity index (χ3v) is 5.40. The van der Waals surface area contributed by atoms with Gasteiger partial charge in [0.05, 0.1) is 25.5 Å². The zero-order chi connectivity index (χ0) is 24.9. The minimum absolute atomic E-state index is 0.186. The van der Waals surface area contributed by atoms with E-state index < -0.39 is 17.8 Å². The normalized spacial score (nSPS) is 14.9. The van der Waals surface area contributed by atoms with E-state index in [9.17, 15) is 14.4 Å².